The van der Waals surface area contributed by atoms with Gasteiger partial charge in [-0.05, 0) is 30.3 Å². The molecule has 0 fully saturated rings. The number of phenolic OH excluding ortho intramolecular Hbond substituents is 1. The molecule has 0 saturated carbocycles. The van der Waals surface area contributed by atoms with E-state index in [0.29, 0.717) is 42.5 Å². The van der Waals surface area contributed by atoms with Crippen LogP contribution in [0.5, 0.6) is 5.75 Å². The van der Waals surface area contributed by atoms with Crippen LogP contribution < -0.4 is 17.2 Å². The van der Waals surface area contributed by atoms with Gasteiger partial charge in [-0.25, -0.2) is 0 Å². The van der Waals surface area contributed by atoms with Crippen LogP contribution in [0.15, 0.2) is 55.2 Å². The zero-order chi connectivity index (χ0) is 18.3. The van der Waals surface area contributed by atoms with Crippen LogP contribution in [0.25, 0.3) is 10.8 Å². The highest BCUT2D eigenvalue weighted by atomic mass is 32.1. The summed E-state index contributed by atoms with van der Waals surface area (Å²) in [6.07, 6.45) is 0. The fourth-order valence-corrected chi connectivity index (χ4v) is 3.26. The van der Waals surface area contributed by atoms with Gasteiger partial charge in [-0.15, -0.1) is 48.1 Å². The zero-order valence-corrected chi connectivity index (χ0v) is 15.5. The number of fused-ring (bicyclic) bond motifs is 1. The molecule has 0 amide bonds. The summed E-state index contributed by atoms with van der Waals surface area (Å²) >= 11 is 13.1. The Labute approximate surface area is 160 Å². The number of nitrogens with zero attached hydrogens (tertiary/aromatic N) is 2. The molecule has 0 aliphatic rings. The summed E-state index contributed by atoms with van der Waals surface area (Å²) in [7, 11) is 0. The molecule has 6 nitrogen and oxygen atoms in total. The second kappa shape index (κ2) is 6.58. The number of hydrogen-bond donors (Lipinski definition) is 7. The third-order valence-electron chi connectivity index (χ3n) is 3.66. The van der Waals surface area contributed by atoms with Crippen molar-refractivity contribution in [3.63, 3.8) is 0 Å². The van der Waals surface area contributed by atoms with E-state index in [9.17, 15) is 5.11 Å². The molecule has 0 saturated heterocycles. The number of anilines is 3. The summed E-state index contributed by atoms with van der Waals surface area (Å²) in [5.41, 5.74) is 19.4. The molecule has 128 valence electrons. The maximum Gasteiger partial charge on any atom is 0.154 e. The first-order valence-corrected chi connectivity index (χ1v) is 8.39. The van der Waals surface area contributed by atoms with Crippen molar-refractivity contribution in [3.05, 3.63) is 30.3 Å². The predicted molar refractivity (Wildman–Crippen MR) is 111 cm³/mol. The minimum Gasteiger partial charge on any atom is -0.505 e. The molecule has 0 aliphatic carbocycles. The molecule has 0 spiro atoms. The number of phenols is 1. The van der Waals surface area contributed by atoms with Crippen molar-refractivity contribution < 1.29 is 5.11 Å². The van der Waals surface area contributed by atoms with Crippen LogP contribution in [0.4, 0.5) is 28.4 Å². The lowest BCUT2D eigenvalue weighted by atomic mass is 10.1. The van der Waals surface area contributed by atoms with Gasteiger partial charge in [-0.3, -0.25) is 0 Å². The summed E-state index contributed by atoms with van der Waals surface area (Å²) in [6, 6.07) is 8.34. The highest BCUT2D eigenvalue weighted by Gasteiger charge is 2.17. The quantitative estimate of drug-likeness (QED) is 0.197. The average Bonchev–Trinajstić information content (AvgIpc) is 2.54. The number of thiol groups is 3. The van der Waals surface area contributed by atoms with Crippen molar-refractivity contribution in [2.24, 2.45) is 10.2 Å². The lowest BCUT2D eigenvalue weighted by Crippen LogP contribution is -1.96. The van der Waals surface area contributed by atoms with Crippen LogP contribution >= 0.6 is 37.9 Å². The van der Waals surface area contributed by atoms with E-state index in [1.807, 2.05) is 0 Å². The number of rotatable bonds is 2. The Morgan fingerprint density at radius 1 is 0.840 bits per heavy atom. The Balaban J connectivity index is 2.20. The molecule has 25 heavy (non-hydrogen) atoms. The second-order valence-corrected chi connectivity index (χ2v) is 6.81. The minimum atomic E-state index is -0.164. The van der Waals surface area contributed by atoms with Crippen molar-refractivity contribution in [2.75, 3.05) is 17.2 Å². The summed E-state index contributed by atoms with van der Waals surface area (Å²) in [4.78, 5) is 1.56. The largest absolute Gasteiger partial charge is 0.505 e. The molecule has 3 aromatic rings. The van der Waals surface area contributed by atoms with Crippen molar-refractivity contribution >= 4 is 77.1 Å². The standard InChI is InChI=1S/C16H15N5OS3/c17-6-1-2-9(11(24)3-6)20-21-15-12(25)4-7-10(23)5-8(18)14(19)13(7)16(15)22/h1-5,22-25H,17-19H2/b21-20+. The zero-order valence-electron chi connectivity index (χ0n) is 12.8. The van der Waals surface area contributed by atoms with E-state index in [2.05, 4.69) is 48.1 Å². The van der Waals surface area contributed by atoms with Crippen LogP contribution in [0.2, 0.25) is 0 Å². The Morgan fingerprint density at radius 3 is 2.24 bits per heavy atom. The van der Waals surface area contributed by atoms with Gasteiger partial charge >= 0.3 is 0 Å². The van der Waals surface area contributed by atoms with Gasteiger partial charge in [-0.1, -0.05) is 0 Å². The summed E-state index contributed by atoms with van der Waals surface area (Å²) in [6.45, 7) is 0. The number of aromatic hydroxyl groups is 1. The maximum absolute atomic E-state index is 10.6. The fourth-order valence-electron chi connectivity index (χ4n) is 2.39. The van der Waals surface area contributed by atoms with E-state index in [-0.39, 0.29) is 17.1 Å². The van der Waals surface area contributed by atoms with Crippen LogP contribution in [0.1, 0.15) is 0 Å². The van der Waals surface area contributed by atoms with Crippen LogP contribution in [-0.4, -0.2) is 5.11 Å². The van der Waals surface area contributed by atoms with Gasteiger partial charge in [0, 0.05) is 25.8 Å². The topological polar surface area (TPSA) is 123 Å². The SMILES string of the molecule is Nc1ccc(/N=N/c2c(S)cc3c(S)cc(N)c(N)c3c2O)c(S)c1. The van der Waals surface area contributed by atoms with E-state index < -0.39 is 0 Å². The second-order valence-electron chi connectivity index (χ2n) is 5.36. The highest BCUT2D eigenvalue weighted by Crippen LogP contribution is 2.46. The van der Waals surface area contributed by atoms with Gasteiger partial charge < -0.3 is 22.3 Å². The maximum atomic E-state index is 10.6. The Kier molecular flexibility index (Phi) is 4.63. The van der Waals surface area contributed by atoms with Crippen LogP contribution in [0, 0.1) is 0 Å². The molecule has 0 atom stereocenters. The minimum absolute atomic E-state index is 0.164. The molecule has 3 rings (SSSR count). The summed E-state index contributed by atoms with van der Waals surface area (Å²) in [5, 5.41) is 19.8. The van der Waals surface area contributed by atoms with Gasteiger partial charge in [0.05, 0.1) is 22.4 Å². The number of nitrogen functional groups attached to an aromatic ring is 3. The monoisotopic (exact) mass is 389 g/mol. The van der Waals surface area contributed by atoms with E-state index in [4.69, 9.17) is 17.2 Å². The van der Waals surface area contributed by atoms with Gasteiger partial charge in [0.15, 0.2) is 5.75 Å². The first-order valence-electron chi connectivity index (χ1n) is 7.05. The number of azo groups is 1. The first kappa shape index (κ1) is 17.6. The van der Waals surface area contributed by atoms with Gasteiger partial charge in [0.2, 0.25) is 0 Å². The average molecular weight is 390 g/mol. The fraction of sp³-hybridized carbons (Fsp3) is 0. The summed E-state index contributed by atoms with van der Waals surface area (Å²) in [5.74, 6) is -0.164. The number of benzene rings is 3. The molecule has 9 heteroatoms. The molecule has 0 heterocycles. The predicted octanol–water partition coefficient (Wildman–Crippen LogP) is 4.57. The van der Waals surface area contributed by atoms with Crippen LogP contribution in [-0.2, 0) is 0 Å². The molecule has 0 bridgehead atoms. The van der Waals surface area contributed by atoms with Crippen molar-refractivity contribution in [2.45, 2.75) is 14.7 Å². The van der Waals surface area contributed by atoms with Crippen molar-refractivity contribution in [3.8, 4) is 5.75 Å². The third kappa shape index (κ3) is 3.17. The van der Waals surface area contributed by atoms with Crippen molar-refractivity contribution in [1.82, 2.24) is 0 Å². The number of hydrogen-bond acceptors (Lipinski definition) is 9. The van der Waals surface area contributed by atoms with Gasteiger partial charge in [0.1, 0.15) is 5.69 Å². The lowest BCUT2D eigenvalue weighted by molar-refractivity contribution is 0.481. The van der Waals surface area contributed by atoms with Gasteiger partial charge in [0.25, 0.3) is 0 Å². The van der Waals surface area contributed by atoms with E-state index in [1.165, 1.54) is 0 Å². The third-order valence-corrected chi connectivity index (χ3v) is 4.73. The molecular weight excluding hydrogens is 374 g/mol. The van der Waals surface area contributed by atoms with E-state index in [1.54, 1.807) is 30.3 Å². The molecule has 7 N–H and O–H groups in total. The normalized spacial score (nSPS) is 11.5. The molecule has 0 unspecified atom stereocenters. The smallest absolute Gasteiger partial charge is 0.154 e. The summed E-state index contributed by atoms with van der Waals surface area (Å²) < 4.78 is 0. The first-order chi connectivity index (χ1) is 11.8. The Bertz CT molecular complexity index is 1040. The molecule has 0 radical (unpaired) electrons. The Morgan fingerprint density at radius 2 is 1.56 bits per heavy atom. The van der Waals surface area contributed by atoms with Gasteiger partial charge in [-0.2, -0.15) is 0 Å². The molecular formula is C16H15N5OS3. The Hall–Kier alpha value is -2.23. The van der Waals surface area contributed by atoms with Crippen LogP contribution in [0.3, 0.4) is 0 Å². The highest BCUT2D eigenvalue weighted by molar-refractivity contribution is 7.81. The number of nitrogens with two attached hydrogens (primary N) is 3. The van der Waals surface area contributed by atoms with E-state index >= 15 is 0 Å². The molecule has 0 aliphatic heterocycles. The molecule has 0 aromatic heterocycles. The molecule has 3 aromatic carbocycles. The lowest BCUT2D eigenvalue weighted by Gasteiger charge is -2.13. The van der Waals surface area contributed by atoms with E-state index in [0.717, 1.165) is 0 Å². The van der Waals surface area contributed by atoms with Crippen molar-refractivity contribution in [1.29, 1.82) is 0 Å².